The Labute approximate surface area is 267 Å². The van der Waals surface area contributed by atoms with Crippen LogP contribution in [0.3, 0.4) is 0 Å². The average Bonchev–Trinajstić information content (AvgIpc) is 3.61. The van der Waals surface area contributed by atoms with Crippen LogP contribution in [0.5, 0.6) is 5.75 Å². The minimum atomic E-state index is -0.713. The molecule has 7 heteroatoms. The van der Waals surface area contributed by atoms with Crippen molar-refractivity contribution in [3.63, 3.8) is 0 Å². The van der Waals surface area contributed by atoms with Gasteiger partial charge in [0.1, 0.15) is 17.2 Å². The molecule has 0 bridgehead atoms. The molecule has 2 aromatic heterocycles. The molecule has 0 aliphatic heterocycles. The zero-order valence-corrected chi connectivity index (χ0v) is 27.6. The van der Waals surface area contributed by atoms with Gasteiger partial charge in [0.2, 0.25) is 0 Å². The molecule has 236 valence electrons. The van der Waals surface area contributed by atoms with E-state index in [0.29, 0.717) is 12.3 Å². The number of aryl methyl sites for hydroxylation is 3. The number of aromatic nitrogens is 4. The molecule has 5 rings (SSSR count). The number of rotatable bonds is 12. The number of carbonyl (C=O) groups is 1. The summed E-state index contributed by atoms with van der Waals surface area (Å²) in [7, 11) is 0. The third-order valence-corrected chi connectivity index (χ3v) is 7.87. The Morgan fingerprint density at radius 2 is 1.69 bits per heavy atom. The van der Waals surface area contributed by atoms with Crippen LogP contribution in [0.1, 0.15) is 83.7 Å². The van der Waals surface area contributed by atoms with E-state index in [-0.39, 0.29) is 0 Å². The maximum Gasteiger partial charge on any atom is 0.514 e. The van der Waals surface area contributed by atoms with Gasteiger partial charge in [0, 0.05) is 36.8 Å². The molecule has 0 saturated carbocycles. The lowest BCUT2D eigenvalue weighted by molar-refractivity contribution is 0.0207. The molecule has 0 saturated heterocycles. The number of hydrogen-bond donors (Lipinski definition) is 0. The first-order valence-electron chi connectivity index (χ1n) is 16.3. The van der Waals surface area contributed by atoms with E-state index in [1.54, 1.807) is 6.07 Å². The highest BCUT2D eigenvalue weighted by Gasteiger charge is 2.20. The second-order valence-corrected chi connectivity index (χ2v) is 12.8. The summed E-state index contributed by atoms with van der Waals surface area (Å²) in [6.07, 6.45) is 10.3. The number of imidazole rings is 2. The van der Waals surface area contributed by atoms with Crippen molar-refractivity contribution in [2.75, 3.05) is 0 Å². The van der Waals surface area contributed by atoms with Crippen molar-refractivity contribution in [1.29, 1.82) is 0 Å². The largest absolute Gasteiger partial charge is 0.514 e. The fourth-order valence-electron chi connectivity index (χ4n) is 5.66. The van der Waals surface area contributed by atoms with Gasteiger partial charge in [0.25, 0.3) is 0 Å². The summed E-state index contributed by atoms with van der Waals surface area (Å²) in [5.41, 5.74) is 7.79. The number of nitrogens with zero attached hydrogens (tertiary/aromatic N) is 4. The molecule has 0 amide bonds. The highest BCUT2D eigenvalue weighted by molar-refractivity contribution is 5.85. The molecule has 0 fully saturated rings. The summed E-state index contributed by atoms with van der Waals surface area (Å²) in [4.78, 5) is 22.2. The first-order chi connectivity index (χ1) is 21.6. The molecule has 3 aromatic carbocycles. The maximum absolute atomic E-state index is 12.4. The van der Waals surface area contributed by atoms with E-state index in [1.807, 2.05) is 45.3 Å². The Balaban J connectivity index is 1.41. The quantitative estimate of drug-likeness (QED) is 0.0803. The minimum Gasteiger partial charge on any atom is -0.428 e. The lowest BCUT2D eigenvalue weighted by atomic mass is 10.0. The molecule has 5 aromatic rings. The Kier molecular flexibility index (Phi) is 10.1. The zero-order chi connectivity index (χ0) is 32.0. The first kappa shape index (κ1) is 32.0. The highest BCUT2D eigenvalue weighted by Crippen LogP contribution is 2.32. The molecule has 2 heterocycles. The lowest BCUT2D eigenvalue weighted by Gasteiger charge is -2.19. The van der Waals surface area contributed by atoms with Gasteiger partial charge in [-0.3, -0.25) is 0 Å². The van der Waals surface area contributed by atoms with E-state index in [4.69, 9.17) is 19.4 Å². The van der Waals surface area contributed by atoms with E-state index in [2.05, 4.69) is 72.5 Å². The smallest absolute Gasteiger partial charge is 0.428 e. The topological polar surface area (TPSA) is 71.2 Å². The standard InChI is InChI=1S/C38H46N4O3/c1-7-9-10-13-21-41-25-32(39-26-41)30-22-27(3)36-33(23-30)42(35(40-36)14-8-2)24-28-17-19-29(20-18-28)31-15-11-12-16-34(31)44-37(43)45-38(4,5)6/h11-12,15-20,22-23,25-26H,7-10,13-14,21,24H2,1-6H3. The van der Waals surface area contributed by atoms with Gasteiger partial charge < -0.3 is 18.6 Å². The molecular formula is C38H46N4O3. The Morgan fingerprint density at radius 1 is 0.911 bits per heavy atom. The summed E-state index contributed by atoms with van der Waals surface area (Å²) < 4.78 is 15.5. The number of unbranched alkanes of at least 4 members (excludes halogenated alkanes) is 3. The van der Waals surface area contributed by atoms with Crippen molar-refractivity contribution in [1.82, 2.24) is 19.1 Å². The SMILES string of the molecule is CCCCCCn1cnc(-c2cc(C)c3nc(CCC)n(Cc4ccc(-c5ccccc5OC(=O)OC(C)(C)C)cc4)c3c2)c1. The third kappa shape index (κ3) is 8.01. The molecule has 0 radical (unpaired) electrons. The fraction of sp³-hybridized carbons (Fsp3) is 0.395. The van der Waals surface area contributed by atoms with Gasteiger partial charge in [-0.2, -0.15) is 0 Å². The predicted molar refractivity (Wildman–Crippen MR) is 182 cm³/mol. The van der Waals surface area contributed by atoms with Crippen LogP contribution in [0.2, 0.25) is 0 Å². The summed E-state index contributed by atoms with van der Waals surface area (Å²) in [6, 6.07) is 20.4. The Bertz CT molecular complexity index is 1740. The fourth-order valence-corrected chi connectivity index (χ4v) is 5.66. The second kappa shape index (κ2) is 14.1. The minimum absolute atomic E-state index is 0.469. The molecule has 45 heavy (non-hydrogen) atoms. The van der Waals surface area contributed by atoms with Crippen LogP contribution in [0.15, 0.2) is 73.2 Å². The monoisotopic (exact) mass is 606 g/mol. The maximum atomic E-state index is 12.4. The third-order valence-electron chi connectivity index (χ3n) is 7.87. The van der Waals surface area contributed by atoms with Crippen molar-refractivity contribution < 1.29 is 14.3 Å². The van der Waals surface area contributed by atoms with Crippen molar-refractivity contribution in [3.8, 4) is 28.1 Å². The first-order valence-corrected chi connectivity index (χ1v) is 16.3. The van der Waals surface area contributed by atoms with Gasteiger partial charge in [0.15, 0.2) is 0 Å². The number of ether oxygens (including phenoxy) is 2. The average molecular weight is 607 g/mol. The van der Waals surface area contributed by atoms with E-state index in [0.717, 1.165) is 64.2 Å². The Hall–Kier alpha value is -4.39. The van der Waals surface area contributed by atoms with Gasteiger partial charge in [-0.1, -0.05) is 75.6 Å². The molecular weight excluding hydrogens is 560 g/mol. The number of hydrogen-bond acceptors (Lipinski definition) is 5. The van der Waals surface area contributed by atoms with Crippen LogP contribution in [-0.4, -0.2) is 30.9 Å². The number of carbonyl (C=O) groups excluding carboxylic acids is 1. The molecule has 7 nitrogen and oxygen atoms in total. The Morgan fingerprint density at radius 3 is 2.42 bits per heavy atom. The molecule has 0 N–H and O–H groups in total. The molecule has 0 unspecified atom stereocenters. The molecule has 0 atom stereocenters. The van der Waals surface area contributed by atoms with Crippen molar-refractivity contribution in [2.45, 2.75) is 98.8 Å². The van der Waals surface area contributed by atoms with Gasteiger partial charge >= 0.3 is 6.16 Å². The van der Waals surface area contributed by atoms with Crippen LogP contribution < -0.4 is 4.74 Å². The molecule has 0 aliphatic rings. The number of para-hydroxylation sites is 1. The summed E-state index contributed by atoms with van der Waals surface area (Å²) in [6.45, 7) is 13.7. The predicted octanol–water partition coefficient (Wildman–Crippen LogP) is 9.77. The van der Waals surface area contributed by atoms with Crippen molar-refractivity contribution in [2.24, 2.45) is 0 Å². The number of fused-ring (bicyclic) bond motifs is 1. The van der Waals surface area contributed by atoms with Crippen LogP contribution in [0.4, 0.5) is 4.79 Å². The van der Waals surface area contributed by atoms with Crippen molar-refractivity contribution >= 4 is 17.2 Å². The lowest BCUT2D eigenvalue weighted by Crippen LogP contribution is -2.26. The van der Waals surface area contributed by atoms with Gasteiger partial charge in [-0.15, -0.1) is 0 Å². The highest BCUT2D eigenvalue weighted by atomic mass is 16.7. The van der Waals surface area contributed by atoms with Crippen LogP contribution in [0.25, 0.3) is 33.4 Å². The zero-order valence-electron chi connectivity index (χ0n) is 27.6. The van der Waals surface area contributed by atoms with Crippen LogP contribution in [-0.2, 0) is 24.2 Å². The molecule has 0 aliphatic carbocycles. The second-order valence-electron chi connectivity index (χ2n) is 12.8. The van der Waals surface area contributed by atoms with Gasteiger partial charge in [0.05, 0.1) is 23.1 Å². The summed E-state index contributed by atoms with van der Waals surface area (Å²) in [5, 5.41) is 0. The van der Waals surface area contributed by atoms with E-state index < -0.39 is 11.8 Å². The van der Waals surface area contributed by atoms with Crippen LogP contribution in [0, 0.1) is 6.92 Å². The van der Waals surface area contributed by atoms with Crippen molar-refractivity contribution in [3.05, 3.63) is 90.1 Å². The summed E-state index contributed by atoms with van der Waals surface area (Å²) in [5.74, 6) is 1.56. The van der Waals surface area contributed by atoms with Crippen LogP contribution >= 0.6 is 0 Å². The number of benzene rings is 3. The van der Waals surface area contributed by atoms with Gasteiger partial charge in [-0.25, -0.2) is 14.8 Å². The van der Waals surface area contributed by atoms with E-state index in [9.17, 15) is 4.79 Å². The van der Waals surface area contributed by atoms with Gasteiger partial charge in [-0.05, 0) is 75.4 Å². The summed E-state index contributed by atoms with van der Waals surface area (Å²) >= 11 is 0. The van der Waals surface area contributed by atoms with E-state index >= 15 is 0 Å². The molecule has 0 spiro atoms. The van der Waals surface area contributed by atoms with E-state index in [1.165, 1.54) is 31.2 Å². The normalized spacial score (nSPS) is 11.7.